The van der Waals surface area contributed by atoms with Crippen molar-refractivity contribution >= 4 is 17.9 Å². The zero-order valence-corrected chi connectivity index (χ0v) is 49.8. The van der Waals surface area contributed by atoms with Gasteiger partial charge in [-0.1, -0.05) is 293 Å². The lowest BCUT2D eigenvalue weighted by Gasteiger charge is -2.18. The fourth-order valence-corrected chi connectivity index (χ4v) is 9.35. The molecule has 0 aromatic heterocycles. The summed E-state index contributed by atoms with van der Waals surface area (Å²) in [6, 6.07) is 0. The second-order valence-electron chi connectivity index (χ2n) is 21.6. The molecule has 0 spiro atoms. The monoisotopic (exact) mass is 1050 g/mol. The molecule has 0 saturated carbocycles. The van der Waals surface area contributed by atoms with E-state index >= 15 is 0 Å². The number of esters is 3. The van der Waals surface area contributed by atoms with Crippen molar-refractivity contribution < 1.29 is 28.6 Å². The average molecular weight is 1050 g/mol. The Morgan fingerprint density at radius 3 is 0.867 bits per heavy atom. The number of unbranched alkanes of at least 4 members (excludes halogenated alkanes) is 36. The lowest BCUT2D eigenvalue weighted by atomic mass is 10.0. The van der Waals surface area contributed by atoms with Crippen LogP contribution in [0.25, 0.3) is 0 Å². The number of rotatable bonds is 59. The third kappa shape index (κ3) is 61.6. The lowest BCUT2D eigenvalue weighted by Crippen LogP contribution is -2.30. The van der Waals surface area contributed by atoms with E-state index in [1.807, 2.05) is 0 Å². The molecule has 0 bridgehead atoms. The highest BCUT2D eigenvalue weighted by Crippen LogP contribution is 2.17. The molecular weight excluding hydrogens is 925 g/mol. The van der Waals surface area contributed by atoms with Gasteiger partial charge in [-0.3, -0.25) is 14.4 Å². The Morgan fingerprint density at radius 1 is 0.280 bits per heavy atom. The molecule has 1 atom stereocenters. The fourth-order valence-electron chi connectivity index (χ4n) is 9.35. The van der Waals surface area contributed by atoms with E-state index in [1.54, 1.807) is 0 Å². The van der Waals surface area contributed by atoms with Crippen LogP contribution in [0.4, 0.5) is 0 Å². The minimum atomic E-state index is -0.803. The van der Waals surface area contributed by atoms with Gasteiger partial charge in [-0.05, 0) is 89.9 Å². The minimum Gasteiger partial charge on any atom is -0.462 e. The van der Waals surface area contributed by atoms with Crippen LogP contribution in [0.1, 0.15) is 329 Å². The normalized spacial score (nSPS) is 12.5. The number of allylic oxidation sites excluding steroid dienone is 12. The number of ether oxygens (including phenoxy) is 3. The van der Waals surface area contributed by atoms with Gasteiger partial charge in [0.1, 0.15) is 13.2 Å². The van der Waals surface area contributed by atoms with Crippen molar-refractivity contribution in [2.75, 3.05) is 13.2 Å². The van der Waals surface area contributed by atoms with Gasteiger partial charge in [-0.15, -0.1) is 0 Å². The van der Waals surface area contributed by atoms with E-state index in [4.69, 9.17) is 14.2 Å². The molecule has 0 radical (unpaired) electrons. The summed E-state index contributed by atoms with van der Waals surface area (Å²) in [5.41, 5.74) is 0. The first-order valence-electron chi connectivity index (χ1n) is 32.4. The fraction of sp³-hybridized carbons (Fsp3) is 0.783. The third-order valence-corrected chi connectivity index (χ3v) is 14.2. The highest BCUT2D eigenvalue weighted by molar-refractivity contribution is 5.71. The standard InChI is InChI=1S/C69H122O6/c1-4-7-10-13-16-19-22-25-28-29-30-31-32-33-34-35-36-37-38-39-42-44-47-50-53-56-59-62-68(71)74-65-66(75-69(72)63-60-57-54-51-48-45-41-27-24-21-18-15-12-9-6-3)64-73-67(70)61-58-55-52-49-46-43-40-26-23-20-17-14-11-8-5-2/h9,12,17-18,20-21,26-27,40-41,48,51,66H,4-8,10-11,13-16,19,22-25,28-39,42-47,49-50,52-65H2,1-3H3/b12-9-,20-17-,21-18-,40-26-,41-27-,51-48-. The smallest absolute Gasteiger partial charge is 0.306 e. The second kappa shape index (κ2) is 63.4. The number of carbonyl (C=O) groups is 3. The molecule has 0 aromatic rings. The first-order valence-corrected chi connectivity index (χ1v) is 32.4. The Balaban J connectivity index is 4.27. The van der Waals surface area contributed by atoms with Crippen molar-refractivity contribution in [1.82, 2.24) is 0 Å². The van der Waals surface area contributed by atoms with Gasteiger partial charge in [0.05, 0.1) is 0 Å². The molecule has 6 nitrogen and oxygen atoms in total. The molecule has 0 amide bonds. The van der Waals surface area contributed by atoms with Crippen LogP contribution in [-0.4, -0.2) is 37.2 Å². The van der Waals surface area contributed by atoms with E-state index in [9.17, 15) is 14.4 Å². The van der Waals surface area contributed by atoms with Gasteiger partial charge >= 0.3 is 17.9 Å². The van der Waals surface area contributed by atoms with Crippen molar-refractivity contribution in [2.45, 2.75) is 335 Å². The molecule has 0 aliphatic heterocycles. The molecule has 0 aliphatic carbocycles. The highest BCUT2D eigenvalue weighted by atomic mass is 16.6. The molecule has 0 rings (SSSR count). The first kappa shape index (κ1) is 71.8. The van der Waals surface area contributed by atoms with Crippen LogP contribution in [0, 0.1) is 0 Å². The molecular formula is C69H122O6. The number of carbonyl (C=O) groups excluding carboxylic acids is 3. The SMILES string of the molecule is CC/C=C\C/C=C\C/C=C\C/C=C\CCCCC(=O)OC(COC(=O)CCCCCCC/C=C\C/C=C\CCCCC)COC(=O)CCCCCCCCCCCCCCCCCCCCCCCCCCCCC. The zero-order valence-electron chi connectivity index (χ0n) is 49.8. The molecule has 6 heteroatoms. The van der Waals surface area contributed by atoms with E-state index < -0.39 is 6.10 Å². The second-order valence-corrected chi connectivity index (χ2v) is 21.6. The van der Waals surface area contributed by atoms with E-state index in [-0.39, 0.29) is 37.5 Å². The van der Waals surface area contributed by atoms with E-state index in [2.05, 4.69) is 93.7 Å². The summed E-state index contributed by atoms with van der Waals surface area (Å²) in [5, 5.41) is 0. The van der Waals surface area contributed by atoms with Gasteiger partial charge in [0, 0.05) is 19.3 Å². The van der Waals surface area contributed by atoms with Crippen molar-refractivity contribution in [1.29, 1.82) is 0 Å². The Morgan fingerprint density at radius 2 is 0.520 bits per heavy atom. The largest absolute Gasteiger partial charge is 0.462 e. The molecule has 0 aliphatic rings. The molecule has 1 unspecified atom stereocenters. The van der Waals surface area contributed by atoms with Crippen LogP contribution < -0.4 is 0 Å². The van der Waals surface area contributed by atoms with Gasteiger partial charge in [0.25, 0.3) is 0 Å². The molecule has 0 N–H and O–H groups in total. The maximum absolute atomic E-state index is 12.9. The van der Waals surface area contributed by atoms with Gasteiger partial charge < -0.3 is 14.2 Å². The summed E-state index contributed by atoms with van der Waals surface area (Å²) in [5.74, 6) is -0.937. The van der Waals surface area contributed by atoms with Gasteiger partial charge in [-0.2, -0.15) is 0 Å². The van der Waals surface area contributed by atoms with Crippen LogP contribution in [-0.2, 0) is 28.6 Å². The van der Waals surface area contributed by atoms with Crippen molar-refractivity contribution in [3.8, 4) is 0 Å². The summed E-state index contributed by atoms with van der Waals surface area (Å²) in [4.78, 5) is 38.3. The van der Waals surface area contributed by atoms with Gasteiger partial charge in [-0.25, -0.2) is 0 Å². The Kier molecular flexibility index (Phi) is 60.7. The predicted molar refractivity (Wildman–Crippen MR) is 325 cm³/mol. The van der Waals surface area contributed by atoms with E-state index in [1.165, 1.54) is 180 Å². The quantitative estimate of drug-likeness (QED) is 0.0261. The highest BCUT2D eigenvalue weighted by Gasteiger charge is 2.19. The molecule has 0 heterocycles. The van der Waals surface area contributed by atoms with Gasteiger partial charge in [0.15, 0.2) is 6.10 Å². The Labute approximate surface area is 465 Å². The van der Waals surface area contributed by atoms with E-state index in [0.717, 1.165) is 103 Å². The van der Waals surface area contributed by atoms with Crippen molar-refractivity contribution in [2.24, 2.45) is 0 Å². The average Bonchev–Trinajstić information content (AvgIpc) is 3.41. The summed E-state index contributed by atoms with van der Waals surface area (Å²) in [6.45, 7) is 6.49. The Hall–Kier alpha value is -3.15. The summed E-state index contributed by atoms with van der Waals surface area (Å²) < 4.78 is 16.9. The van der Waals surface area contributed by atoms with Crippen LogP contribution in [0.15, 0.2) is 72.9 Å². The van der Waals surface area contributed by atoms with Crippen LogP contribution >= 0.6 is 0 Å². The topological polar surface area (TPSA) is 78.9 Å². The van der Waals surface area contributed by atoms with Gasteiger partial charge in [0.2, 0.25) is 0 Å². The molecule has 0 aromatic carbocycles. The maximum atomic E-state index is 12.9. The summed E-state index contributed by atoms with van der Waals surface area (Å²) >= 11 is 0. The summed E-state index contributed by atoms with van der Waals surface area (Å²) in [7, 11) is 0. The van der Waals surface area contributed by atoms with Crippen LogP contribution in [0.3, 0.4) is 0 Å². The first-order chi connectivity index (χ1) is 37.0. The summed E-state index contributed by atoms with van der Waals surface area (Å²) in [6.07, 6.45) is 82.2. The third-order valence-electron chi connectivity index (χ3n) is 14.2. The minimum absolute atomic E-state index is 0.0942. The zero-order chi connectivity index (χ0) is 54.3. The molecule has 75 heavy (non-hydrogen) atoms. The van der Waals surface area contributed by atoms with Crippen molar-refractivity contribution in [3.63, 3.8) is 0 Å². The number of hydrogen-bond acceptors (Lipinski definition) is 6. The predicted octanol–water partition coefficient (Wildman–Crippen LogP) is 22.1. The lowest BCUT2D eigenvalue weighted by molar-refractivity contribution is -0.167. The molecule has 0 fully saturated rings. The maximum Gasteiger partial charge on any atom is 0.306 e. The van der Waals surface area contributed by atoms with Crippen LogP contribution in [0.2, 0.25) is 0 Å². The molecule has 434 valence electrons. The molecule has 0 saturated heterocycles. The Bertz CT molecular complexity index is 1390. The van der Waals surface area contributed by atoms with Crippen LogP contribution in [0.5, 0.6) is 0 Å². The van der Waals surface area contributed by atoms with Crippen molar-refractivity contribution in [3.05, 3.63) is 72.9 Å². The van der Waals surface area contributed by atoms with E-state index in [0.29, 0.717) is 19.3 Å². The number of hydrogen-bond donors (Lipinski definition) is 0.